The second-order valence-corrected chi connectivity index (χ2v) is 8.51. The molecule has 3 atom stereocenters. The lowest BCUT2D eigenvalue weighted by Crippen LogP contribution is -2.47. The fourth-order valence-corrected chi connectivity index (χ4v) is 4.73. The molecule has 3 unspecified atom stereocenters. The normalized spacial score (nSPS) is 30.0. The number of nitrogens with one attached hydrogen (secondary N) is 1. The molecule has 2 fully saturated rings. The van der Waals surface area contributed by atoms with Crippen LogP contribution in [0.5, 0.6) is 0 Å². The molecule has 0 aromatic heterocycles. The molecule has 0 aliphatic heterocycles. The van der Waals surface area contributed by atoms with Gasteiger partial charge < -0.3 is 5.32 Å². The average molecular weight is 350 g/mol. The van der Waals surface area contributed by atoms with Crippen LogP contribution in [0.25, 0.3) is 0 Å². The van der Waals surface area contributed by atoms with Gasteiger partial charge in [-0.1, -0.05) is 53.7 Å². The zero-order chi connectivity index (χ0) is 14.9. The summed E-state index contributed by atoms with van der Waals surface area (Å²) in [7, 11) is 0. The van der Waals surface area contributed by atoms with Crippen LogP contribution in [0, 0.1) is 11.8 Å². The van der Waals surface area contributed by atoms with E-state index in [1.807, 2.05) is 0 Å². The Kier molecular flexibility index (Phi) is 4.75. The third-order valence-corrected chi connectivity index (χ3v) is 6.20. The molecule has 2 aliphatic carbocycles. The van der Waals surface area contributed by atoms with Gasteiger partial charge in [0.05, 0.1) is 0 Å². The van der Waals surface area contributed by atoms with E-state index < -0.39 is 0 Å². The van der Waals surface area contributed by atoms with E-state index in [2.05, 4.69) is 59.4 Å². The van der Waals surface area contributed by atoms with Crippen LogP contribution in [0.4, 0.5) is 0 Å². The maximum Gasteiger partial charge on any atom is 0.0379 e. The molecule has 0 spiro atoms. The van der Waals surface area contributed by atoms with Gasteiger partial charge in [0.2, 0.25) is 0 Å². The molecule has 1 aromatic carbocycles. The second-order valence-electron chi connectivity index (χ2n) is 7.59. The summed E-state index contributed by atoms with van der Waals surface area (Å²) in [6, 6.07) is 9.48. The number of hydrogen-bond donors (Lipinski definition) is 1. The largest absolute Gasteiger partial charge is 0.305 e. The molecule has 1 N–H and O–H groups in total. The van der Waals surface area contributed by atoms with E-state index in [0.717, 1.165) is 16.3 Å². The molecule has 0 saturated heterocycles. The van der Waals surface area contributed by atoms with Gasteiger partial charge in [-0.2, -0.15) is 0 Å². The van der Waals surface area contributed by atoms with Crippen molar-refractivity contribution in [3.05, 3.63) is 34.3 Å². The molecule has 0 bridgehead atoms. The minimum atomic E-state index is 0.0624. The molecule has 0 radical (unpaired) electrons. The van der Waals surface area contributed by atoms with E-state index in [-0.39, 0.29) is 5.54 Å². The van der Waals surface area contributed by atoms with Crippen molar-refractivity contribution in [2.45, 2.75) is 70.4 Å². The summed E-state index contributed by atoms with van der Waals surface area (Å²) in [5.74, 6) is 2.03. The van der Waals surface area contributed by atoms with Crippen LogP contribution in [0.15, 0.2) is 28.7 Å². The summed E-state index contributed by atoms with van der Waals surface area (Å²) in [4.78, 5) is 0. The van der Waals surface area contributed by atoms with Gasteiger partial charge in [0.1, 0.15) is 0 Å². The second kappa shape index (κ2) is 6.42. The lowest BCUT2D eigenvalue weighted by molar-refractivity contribution is 0.129. The standard InChI is InChI=1S/C19H28BrN/c1-19(2,16-8-10-17(20)11-9-16)21-18-12-7-14-5-3-4-6-15(14)13-18/h8-11,14-15,18,21H,3-7,12-13H2,1-2H3. The highest BCUT2D eigenvalue weighted by molar-refractivity contribution is 9.10. The lowest BCUT2D eigenvalue weighted by atomic mass is 9.69. The van der Waals surface area contributed by atoms with Gasteiger partial charge in [-0.3, -0.25) is 0 Å². The summed E-state index contributed by atoms with van der Waals surface area (Å²) < 4.78 is 1.16. The van der Waals surface area contributed by atoms with Gasteiger partial charge in [-0.15, -0.1) is 0 Å². The Bertz CT molecular complexity index is 465. The fraction of sp³-hybridized carbons (Fsp3) is 0.684. The Hall–Kier alpha value is -0.340. The highest BCUT2D eigenvalue weighted by Crippen LogP contribution is 2.41. The summed E-state index contributed by atoms with van der Waals surface area (Å²) >= 11 is 3.53. The third-order valence-electron chi connectivity index (χ3n) is 5.67. The molecule has 21 heavy (non-hydrogen) atoms. The zero-order valence-electron chi connectivity index (χ0n) is 13.4. The van der Waals surface area contributed by atoms with Crippen molar-refractivity contribution in [2.24, 2.45) is 11.8 Å². The Balaban J connectivity index is 1.63. The van der Waals surface area contributed by atoms with Gasteiger partial charge in [-0.05, 0) is 62.6 Å². The van der Waals surface area contributed by atoms with Gasteiger partial charge >= 0.3 is 0 Å². The van der Waals surface area contributed by atoms with E-state index >= 15 is 0 Å². The van der Waals surface area contributed by atoms with Crippen LogP contribution < -0.4 is 5.32 Å². The predicted molar refractivity (Wildman–Crippen MR) is 93.4 cm³/mol. The van der Waals surface area contributed by atoms with Crippen LogP contribution in [-0.2, 0) is 5.54 Å². The van der Waals surface area contributed by atoms with Crippen molar-refractivity contribution in [3.63, 3.8) is 0 Å². The summed E-state index contributed by atoms with van der Waals surface area (Å²) in [6.07, 6.45) is 10.1. The van der Waals surface area contributed by atoms with Crippen molar-refractivity contribution in [3.8, 4) is 0 Å². The summed E-state index contributed by atoms with van der Waals surface area (Å²) in [6.45, 7) is 4.65. The summed E-state index contributed by atoms with van der Waals surface area (Å²) in [5.41, 5.74) is 1.45. The monoisotopic (exact) mass is 349 g/mol. The van der Waals surface area contributed by atoms with Crippen molar-refractivity contribution in [1.82, 2.24) is 5.32 Å². The zero-order valence-corrected chi connectivity index (χ0v) is 15.0. The first-order valence-corrected chi connectivity index (χ1v) is 9.37. The first-order chi connectivity index (χ1) is 10.0. The van der Waals surface area contributed by atoms with Crippen LogP contribution in [0.3, 0.4) is 0 Å². The molecule has 1 aromatic rings. The highest BCUT2D eigenvalue weighted by Gasteiger charge is 2.34. The van der Waals surface area contributed by atoms with Crippen molar-refractivity contribution < 1.29 is 0 Å². The molecule has 2 aliphatic rings. The van der Waals surface area contributed by atoms with E-state index in [9.17, 15) is 0 Å². The Morgan fingerprint density at radius 2 is 1.62 bits per heavy atom. The lowest BCUT2D eigenvalue weighted by Gasteiger charge is -2.42. The molecule has 0 heterocycles. The first kappa shape index (κ1) is 15.6. The topological polar surface area (TPSA) is 12.0 Å². The van der Waals surface area contributed by atoms with Crippen molar-refractivity contribution >= 4 is 15.9 Å². The highest BCUT2D eigenvalue weighted by atomic mass is 79.9. The fourth-order valence-electron chi connectivity index (χ4n) is 4.46. The molecule has 2 heteroatoms. The van der Waals surface area contributed by atoms with Crippen LogP contribution in [0.2, 0.25) is 0 Å². The van der Waals surface area contributed by atoms with Crippen LogP contribution in [0.1, 0.15) is 64.4 Å². The minimum Gasteiger partial charge on any atom is -0.305 e. The van der Waals surface area contributed by atoms with Crippen molar-refractivity contribution in [1.29, 1.82) is 0 Å². The number of hydrogen-bond acceptors (Lipinski definition) is 1. The number of benzene rings is 1. The van der Waals surface area contributed by atoms with Gasteiger partial charge in [-0.25, -0.2) is 0 Å². The van der Waals surface area contributed by atoms with E-state index in [4.69, 9.17) is 0 Å². The Morgan fingerprint density at radius 3 is 2.33 bits per heavy atom. The molecule has 116 valence electrons. The third kappa shape index (κ3) is 3.71. The molecule has 1 nitrogen and oxygen atoms in total. The Labute approximate surface area is 138 Å². The number of halogens is 1. The van der Waals surface area contributed by atoms with E-state index in [1.54, 1.807) is 0 Å². The SMILES string of the molecule is CC(C)(NC1CCC2CCCCC2C1)c1ccc(Br)cc1. The first-order valence-electron chi connectivity index (χ1n) is 8.58. The smallest absolute Gasteiger partial charge is 0.0379 e. The van der Waals surface area contributed by atoms with Crippen molar-refractivity contribution in [2.75, 3.05) is 0 Å². The number of rotatable bonds is 3. The maximum atomic E-state index is 3.95. The Morgan fingerprint density at radius 1 is 0.952 bits per heavy atom. The molecular formula is C19H28BrN. The van der Waals surface area contributed by atoms with Gasteiger partial charge in [0.25, 0.3) is 0 Å². The maximum absolute atomic E-state index is 3.95. The molecule has 2 saturated carbocycles. The van der Waals surface area contributed by atoms with Crippen LogP contribution in [-0.4, -0.2) is 6.04 Å². The van der Waals surface area contributed by atoms with Gasteiger partial charge in [0.15, 0.2) is 0 Å². The van der Waals surface area contributed by atoms with Gasteiger partial charge in [0, 0.05) is 16.1 Å². The quantitative estimate of drug-likeness (QED) is 0.745. The van der Waals surface area contributed by atoms with Crippen LogP contribution >= 0.6 is 15.9 Å². The molecule has 3 rings (SSSR count). The molecular weight excluding hydrogens is 322 g/mol. The minimum absolute atomic E-state index is 0.0624. The molecule has 0 amide bonds. The predicted octanol–water partition coefficient (Wildman–Crippen LogP) is 5.63. The summed E-state index contributed by atoms with van der Waals surface area (Å²) in [5, 5.41) is 3.95. The average Bonchev–Trinajstić information content (AvgIpc) is 2.47. The van der Waals surface area contributed by atoms with E-state index in [0.29, 0.717) is 6.04 Å². The van der Waals surface area contributed by atoms with E-state index in [1.165, 1.54) is 50.5 Å². The number of fused-ring (bicyclic) bond motifs is 1.